The SMILES string of the molecule is CS(=O)c1nc2c(c(N3CCN(C(=O)OC(C)(C)C)CC3)n1)CCC1(CCCc3ccccc31)C2. The number of fused-ring (bicyclic) bond motifs is 3. The molecule has 0 radical (unpaired) electrons. The van der Waals surface area contributed by atoms with E-state index < -0.39 is 16.4 Å². The van der Waals surface area contributed by atoms with E-state index in [0.29, 0.717) is 31.3 Å². The maximum atomic E-state index is 12.5. The zero-order chi connectivity index (χ0) is 24.8. The number of carbonyl (C=O) groups is 1. The van der Waals surface area contributed by atoms with E-state index in [0.717, 1.165) is 37.2 Å². The van der Waals surface area contributed by atoms with Gasteiger partial charge in [0.25, 0.3) is 0 Å². The minimum atomic E-state index is -1.26. The first-order valence-corrected chi connectivity index (χ1v) is 14.3. The van der Waals surface area contributed by atoms with E-state index >= 15 is 0 Å². The van der Waals surface area contributed by atoms with E-state index in [9.17, 15) is 9.00 Å². The lowest BCUT2D eigenvalue weighted by molar-refractivity contribution is 0.0240. The Morgan fingerprint density at radius 2 is 1.80 bits per heavy atom. The summed E-state index contributed by atoms with van der Waals surface area (Å²) in [7, 11) is -1.26. The molecule has 1 amide bonds. The second-order valence-corrected chi connectivity index (χ2v) is 12.4. The maximum Gasteiger partial charge on any atom is 0.410 e. The highest BCUT2D eigenvalue weighted by atomic mass is 32.2. The molecule has 1 aromatic carbocycles. The van der Waals surface area contributed by atoms with Crippen molar-refractivity contribution >= 4 is 22.7 Å². The fourth-order valence-corrected chi connectivity index (χ4v) is 6.39. The minimum Gasteiger partial charge on any atom is -0.444 e. The lowest BCUT2D eigenvalue weighted by atomic mass is 9.62. The Hall–Kier alpha value is -2.48. The normalized spacial score (nSPS) is 23.0. The zero-order valence-corrected chi connectivity index (χ0v) is 22.1. The van der Waals surface area contributed by atoms with Gasteiger partial charge >= 0.3 is 6.09 Å². The molecule has 7 nitrogen and oxygen atoms in total. The summed E-state index contributed by atoms with van der Waals surface area (Å²) >= 11 is 0. The lowest BCUT2D eigenvalue weighted by Gasteiger charge is -2.43. The number of hydrogen-bond acceptors (Lipinski definition) is 6. The number of carbonyl (C=O) groups excluding carboxylic acids is 1. The van der Waals surface area contributed by atoms with Crippen LogP contribution in [0.1, 0.15) is 62.4 Å². The van der Waals surface area contributed by atoms with Gasteiger partial charge in [0.1, 0.15) is 11.4 Å². The highest BCUT2D eigenvalue weighted by Crippen LogP contribution is 2.47. The highest BCUT2D eigenvalue weighted by Gasteiger charge is 2.41. The third-order valence-corrected chi connectivity index (χ3v) is 8.28. The molecule has 1 aliphatic heterocycles. The average Bonchev–Trinajstić information content (AvgIpc) is 2.82. The van der Waals surface area contributed by atoms with Crippen molar-refractivity contribution in [3.8, 4) is 0 Å². The quantitative estimate of drug-likeness (QED) is 0.585. The van der Waals surface area contributed by atoms with Gasteiger partial charge in [-0.3, -0.25) is 4.21 Å². The van der Waals surface area contributed by atoms with Gasteiger partial charge in [-0.2, -0.15) is 0 Å². The van der Waals surface area contributed by atoms with Crippen molar-refractivity contribution in [1.29, 1.82) is 0 Å². The molecule has 3 aliphatic rings. The molecule has 2 aromatic rings. The monoisotopic (exact) mass is 496 g/mol. The third kappa shape index (κ3) is 4.82. The van der Waals surface area contributed by atoms with E-state index in [-0.39, 0.29) is 11.5 Å². The molecule has 2 aliphatic carbocycles. The predicted molar refractivity (Wildman–Crippen MR) is 137 cm³/mol. The van der Waals surface area contributed by atoms with Crippen LogP contribution in [-0.2, 0) is 40.2 Å². The summed E-state index contributed by atoms with van der Waals surface area (Å²) in [5.41, 5.74) is 4.79. The van der Waals surface area contributed by atoms with Crippen LogP contribution < -0.4 is 4.90 Å². The van der Waals surface area contributed by atoms with Gasteiger partial charge in [0, 0.05) is 43.4 Å². The Morgan fingerprint density at radius 1 is 1.06 bits per heavy atom. The smallest absolute Gasteiger partial charge is 0.410 e. The Labute approximate surface area is 210 Å². The van der Waals surface area contributed by atoms with Crippen molar-refractivity contribution in [3.63, 3.8) is 0 Å². The van der Waals surface area contributed by atoms with Crippen LogP contribution in [0, 0.1) is 0 Å². The third-order valence-electron chi connectivity index (χ3n) is 7.59. The first kappa shape index (κ1) is 24.2. The summed E-state index contributed by atoms with van der Waals surface area (Å²) in [6.07, 6.45) is 7.77. The van der Waals surface area contributed by atoms with Gasteiger partial charge in [-0.15, -0.1) is 0 Å². The van der Waals surface area contributed by atoms with Crippen LogP contribution in [-0.4, -0.2) is 63.2 Å². The van der Waals surface area contributed by atoms with Gasteiger partial charge in [0.15, 0.2) is 0 Å². The summed E-state index contributed by atoms with van der Waals surface area (Å²) < 4.78 is 18.1. The number of aryl methyl sites for hydroxylation is 1. The molecular weight excluding hydrogens is 460 g/mol. The van der Waals surface area contributed by atoms with Gasteiger partial charge in [-0.1, -0.05) is 24.3 Å². The van der Waals surface area contributed by atoms with Crippen LogP contribution in [0.2, 0.25) is 0 Å². The lowest BCUT2D eigenvalue weighted by Crippen LogP contribution is -2.50. The molecule has 1 spiro atoms. The zero-order valence-electron chi connectivity index (χ0n) is 21.3. The molecule has 0 bridgehead atoms. The molecule has 0 saturated carbocycles. The molecule has 188 valence electrons. The van der Waals surface area contributed by atoms with Gasteiger partial charge in [-0.05, 0) is 70.4 Å². The van der Waals surface area contributed by atoms with Crippen LogP contribution in [0.4, 0.5) is 10.6 Å². The minimum absolute atomic E-state index is 0.107. The number of ether oxygens (including phenoxy) is 1. The Bertz CT molecular complexity index is 1150. The highest BCUT2D eigenvalue weighted by molar-refractivity contribution is 7.84. The van der Waals surface area contributed by atoms with Crippen LogP contribution in [0.3, 0.4) is 0 Å². The largest absolute Gasteiger partial charge is 0.444 e. The first-order chi connectivity index (χ1) is 16.7. The summed E-state index contributed by atoms with van der Waals surface area (Å²) in [5, 5.41) is 0.412. The van der Waals surface area contributed by atoms with Gasteiger partial charge < -0.3 is 14.5 Å². The summed E-state index contributed by atoms with van der Waals surface area (Å²) in [5.74, 6) is 0.906. The average molecular weight is 497 g/mol. The number of hydrogen-bond donors (Lipinski definition) is 0. The number of aromatic nitrogens is 2. The molecule has 1 aromatic heterocycles. The van der Waals surface area contributed by atoms with Gasteiger partial charge in [0.2, 0.25) is 5.16 Å². The van der Waals surface area contributed by atoms with Crippen LogP contribution in [0.5, 0.6) is 0 Å². The molecule has 35 heavy (non-hydrogen) atoms. The van der Waals surface area contributed by atoms with E-state index in [4.69, 9.17) is 14.7 Å². The standard InChI is InChI=1S/C27H36N4O3S/c1-26(2,3)34-25(32)31-16-14-30(15-17-31)23-20-11-13-27(18-22(20)28-24(29-23)35(4)33)12-7-9-19-8-5-6-10-21(19)27/h5-6,8,10H,7,9,11-18H2,1-4H3. The summed E-state index contributed by atoms with van der Waals surface area (Å²) in [6.45, 7) is 8.17. The molecule has 2 atom stereocenters. The molecule has 2 heterocycles. The summed E-state index contributed by atoms with van der Waals surface area (Å²) in [6, 6.07) is 8.87. The molecule has 2 unspecified atom stereocenters. The number of anilines is 1. The number of piperazine rings is 1. The van der Waals surface area contributed by atoms with Crippen LogP contribution >= 0.6 is 0 Å². The van der Waals surface area contributed by atoms with Crippen molar-refractivity contribution in [2.24, 2.45) is 0 Å². The fraction of sp³-hybridized carbons (Fsp3) is 0.593. The Balaban J connectivity index is 1.42. The number of amides is 1. The van der Waals surface area contributed by atoms with Gasteiger partial charge in [0.05, 0.1) is 16.5 Å². The fourth-order valence-electron chi connectivity index (χ4n) is 5.94. The molecule has 0 N–H and O–H groups in total. The molecule has 1 fully saturated rings. The molecule has 5 rings (SSSR count). The predicted octanol–water partition coefficient (Wildman–Crippen LogP) is 4.03. The summed E-state index contributed by atoms with van der Waals surface area (Å²) in [4.78, 5) is 26.2. The van der Waals surface area contributed by atoms with Gasteiger partial charge in [-0.25, -0.2) is 14.8 Å². The molecule has 8 heteroatoms. The van der Waals surface area contributed by atoms with Crippen LogP contribution in [0.15, 0.2) is 29.4 Å². The number of rotatable bonds is 2. The van der Waals surface area contributed by atoms with Crippen molar-refractivity contribution < 1.29 is 13.7 Å². The van der Waals surface area contributed by atoms with Crippen molar-refractivity contribution in [2.75, 3.05) is 37.3 Å². The number of nitrogens with zero attached hydrogens (tertiary/aromatic N) is 4. The molecule has 1 saturated heterocycles. The van der Waals surface area contributed by atoms with E-state index in [2.05, 4.69) is 29.2 Å². The Morgan fingerprint density at radius 3 is 2.51 bits per heavy atom. The second kappa shape index (κ2) is 9.19. The topological polar surface area (TPSA) is 75.6 Å². The first-order valence-electron chi connectivity index (χ1n) is 12.7. The van der Waals surface area contributed by atoms with Crippen molar-refractivity contribution in [2.45, 2.75) is 75.5 Å². The van der Waals surface area contributed by atoms with Crippen molar-refractivity contribution in [3.05, 3.63) is 46.6 Å². The maximum absolute atomic E-state index is 12.5. The van der Waals surface area contributed by atoms with E-state index in [1.807, 2.05) is 20.8 Å². The second-order valence-electron chi connectivity index (χ2n) is 11.1. The van der Waals surface area contributed by atoms with Crippen molar-refractivity contribution in [1.82, 2.24) is 14.9 Å². The van der Waals surface area contributed by atoms with E-state index in [1.165, 1.54) is 29.5 Å². The Kier molecular flexibility index (Phi) is 6.36. The molecular formula is C27H36N4O3S. The van der Waals surface area contributed by atoms with Crippen LogP contribution in [0.25, 0.3) is 0 Å². The number of benzene rings is 1. The van der Waals surface area contributed by atoms with E-state index in [1.54, 1.807) is 11.2 Å².